The van der Waals surface area contributed by atoms with Crippen LogP contribution >= 0.6 is 0 Å². The molecular formula is C38H40N4O5S. The van der Waals surface area contributed by atoms with Crippen LogP contribution in [0.15, 0.2) is 84.0 Å². The molecule has 6 rings (SSSR count). The van der Waals surface area contributed by atoms with Gasteiger partial charge in [-0.2, -0.15) is 0 Å². The lowest BCUT2D eigenvalue weighted by atomic mass is 9.91. The van der Waals surface area contributed by atoms with E-state index in [-0.39, 0.29) is 16.9 Å². The Bertz CT molecular complexity index is 2160. The molecular weight excluding hydrogens is 625 g/mol. The first-order valence-electron chi connectivity index (χ1n) is 15.9. The molecule has 0 N–H and O–H groups in total. The summed E-state index contributed by atoms with van der Waals surface area (Å²) >= 11 is 0. The molecule has 248 valence electrons. The maximum atomic E-state index is 14.0. The van der Waals surface area contributed by atoms with Gasteiger partial charge in [0.2, 0.25) is 0 Å². The molecule has 3 heterocycles. The molecule has 1 aliphatic rings. The molecule has 9 nitrogen and oxygen atoms in total. The Morgan fingerprint density at radius 2 is 1.58 bits per heavy atom. The summed E-state index contributed by atoms with van der Waals surface area (Å²) in [6, 6.07) is 20.1. The maximum absolute atomic E-state index is 14.0. The number of carbonyl (C=O) groups excluding carboxylic acids is 2. The number of fused-ring (bicyclic) bond motifs is 2. The van der Waals surface area contributed by atoms with E-state index in [1.54, 1.807) is 67.8 Å². The topological polar surface area (TPSA) is 102 Å². The van der Waals surface area contributed by atoms with E-state index in [1.165, 1.54) is 8.87 Å². The van der Waals surface area contributed by atoms with Gasteiger partial charge < -0.3 is 14.5 Å². The molecule has 2 amide bonds. The molecule has 0 aliphatic carbocycles. The molecule has 48 heavy (non-hydrogen) atoms. The van der Waals surface area contributed by atoms with Crippen LogP contribution in [0, 0.1) is 13.8 Å². The predicted octanol–water partition coefficient (Wildman–Crippen LogP) is 7.22. The highest BCUT2D eigenvalue weighted by Gasteiger charge is 2.28. The van der Waals surface area contributed by atoms with Crippen molar-refractivity contribution in [2.75, 3.05) is 20.6 Å². The third-order valence-corrected chi connectivity index (χ3v) is 10.3. The van der Waals surface area contributed by atoms with E-state index in [0.717, 1.165) is 38.9 Å². The molecule has 1 aliphatic heterocycles. The second kappa shape index (κ2) is 12.2. The second-order valence-corrected chi connectivity index (χ2v) is 15.4. The number of carbonyl (C=O) groups is 2. The summed E-state index contributed by atoms with van der Waals surface area (Å²) in [6.45, 7) is 10.6. The summed E-state index contributed by atoms with van der Waals surface area (Å²) in [5.74, 6) is -0.119. The number of aromatic nitrogens is 2. The molecule has 0 radical (unpaired) electrons. The van der Waals surface area contributed by atoms with Crippen LogP contribution in [0.4, 0.5) is 4.79 Å². The van der Waals surface area contributed by atoms with Crippen LogP contribution < -0.4 is 0 Å². The molecule has 0 saturated carbocycles. The van der Waals surface area contributed by atoms with E-state index >= 15 is 0 Å². The van der Waals surface area contributed by atoms with Crippen molar-refractivity contribution in [2.24, 2.45) is 0 Å². The lowest BCUT2D eigenvalue weighted by Crippen LogP contribution is -2.40. The average Bonchev–Trinajstić information content (AvgIpc) is 3.43. The second-order valence-electron chi connectivity index (χ2n) is 13.6. The molecule has 0 saturated heterocycles. The fourth-order valence-electron chi connectivity index (χ4n) is 6.04. The summed E-state index contributed by atoms with van der Waals surface area (Å²) < 4.78 is 34.8. The van der Waals surface area contributed by atoms with Gasteiger partial charge in [-0.15, -0.1) is 0 Å². The average molecular weight is 665 g/mol. The van der Waals surface area contributed by atoms with Gasteiger partial charge in [0.05, 0.1) is 4.90 Å². The lowest BCUT2D eigenvalue weighted by molar-refractivity contribution is 0.0223. The Balaban J connectivity index is 1.44. The molecule has 5 aromatic rings. The van der Waals surface area contributed by atoms with Gasteiger partial charge in [0.25, 0.3) is 15.9 Å². The standard InChI is InChI=1S/C38H40N4O5S/c1-24-8-14-31(15-9-24)48(45,46)42-23-34(26-10-12-27(13-11-26)36(43)40(6)7)32-20-30(21-39-35(32)42)29-18-25(2)33-22-41(17-16-28(33)19-29)37(44)47-38(3,4)5/h8-15,18-21,23H,16-17,22H2,1-7H3. The number of ether oxygens (including phenoxy) is 1. The van der Waals surface area contributed by atoms with Crippen molar-refractivity contribution >= 4 is 33.1 Å². The minimum absolute atomic E-state index is 0.119. The van der Waals surface area contributed by atoms with E-state index in [2.05, 4.69) is 12.1 Å². The third kappa shape index (κ3) is 6.32. The van der Waals surface area contributed by atoms with Crippen LogP contribution in [0.3, 0.4) is 0 Å². The van der Waals surface area contributed by atoms with Crippen molar-refractivity contribution in [2.45, 2.75) is 58.1 Å². The highest BCUT2D eigenvalue weighted by atomic mass is 32.2. The van der Waals surface area contributed by atoms with Gasteiger partial charge in [-0.1, -0.05) is 42.0 Å². The van der Waals surface area contributed by atoms with Crippen molar-refractivity contribution in [1.29, 1.82) is 0 Å². The van der Waals surface area contributed by atoms with Crippen molar-refractivity contribution in [1.82, 2.24) is 18.8 Å². The van der Waals surface area contributed by atoms with E-state index in [1.807, 2.05) is 52.8 Å². The number of benzene rings is 3. The molecule has 0 unspecified atom stereocenters. The monoisotopic (exact) mass is 664 g/mol. The largest absolute Gasteiger partial charge is 0.444 e. The predicted molar refractivity (Wildman–Crippen MR) is 187 cm³/mol. The van der Waals surface area contributed by atoms with Crippen LogP contribution in [-0.4, -0.2) is 65.4 Å². The molecule has 10 heteroatoms. The zero-order valence-electron chi connectivity index (χ0n) is 28.4. The number of nitrogens with zero attached hydrogens (tertiary/aromatic N) is 4. The van der Waals surface area contributed by atoms with Crippen LogP contribution in [-0.2, 0) is 27.7 Å². The van der Waals surface area contributed by atoms with Crippen molar-refractivity contribution in [3.63, 3.8) is 0 Å². The zero-order chi connectivity index (χ0) is 34.5. The number of pyridine rings is 1. The number of aryl methyl sites for hydroxylation is 2. The summed E-state index contributed by atoms with van der Waals surface area (Å²) in [5, 5.41) is 0.668. The van der Waals surface area contributed by atoms with E-state index in [4.69, 9.17) is 9.72 Å². The van der Waals surface area contributed by atoms with Crippen molar-refractivity contribution < 1.29 is 22.7 Å². The maximum Gasteiger partial charge on any atom is 0.410 e. The van der Waals surface area contributed by atoms with E-state index in [0.29, 0.717) is 41.7 Å². The van der Waals surface area contributed by atoms with Gasteiger partial charge in [0.1, 0.15) is 5.60 Å². The van der Waals surface area contributed by atoms with Gasteiger partial charge in [-0.25, -0.2) is 22.2 Å². The Labute approximate surface area is 281 Å². The highest BCUT2D eigenvalue weighted by Crippen LogP contribution is 2.36. The summed E-state index contributed by atoms with van der Waals surface area (Å²) in [5.41, 5.74) is 7.80. The lowest BCUT2D eigenvalue weighted by Gasteiger charge is -2.32. The quantitative estimate of drug-likeness (QED) is 0.197. The van der Waals surface area contributed by atoms with Crippen LogP contribution in [0.5, 0.6) is 0 Å². The fourth-order valence-corrected chi connectivity index (χ4v) is 7.36. The van der Waals surface area contributed by atoms with Gasteiger partial charge in [-0.3, -0.25) is 4.79 Å². The Kier molecular flexibility index (Phi) is 8.41. The first kappa shape index (κ1) is 33.0. The summed E-state index contributed by atoms with van der Waals surface area (Å²) in [7, 11) is -0.570. The number of hydrogen-bond donors (Lipinski definition) is 0. The van der Waals surface area contributed by atoms with Gasteiger partial charge in [0.15, 0.2) is 5.65 Å². The number of rotatable bonds is 5. The Hall–Kier alpha value is -4.96. The first-order valence-corrected chi connectivity index (χ1v) is 17.3. The first-order chi connectivity index (χ1) is 22.6. The minimum atomic E-state index is -3.97. The van der Waals surface area contributed by atoms with Crippen LogP contribution in [0.25, 0.3) is 33.3 Å². The number of hydrogen-bond acceptors (Lipinski definition) is 6. The normalized spacial score (nSPS) is 13.4. The minimum Gasteiger partial charge on any atom is -0.444 e. The van der Waals surface area contributed by atoms with Crippen molar-refractivity contribution in [3.05, 3.63) is 107 Å². The molecule has 0 atom stereocenters. The zero-order valence-corrected chi connectivity index (χ0v) is 29.2. The van der Waals surface area contributed by atoms with E-state index < -0.39 is 15.6 Å². The number of amides is 2. The third-order valence-electron chi connectivity index (χ3n) is 8.59. The Morgan fingerprint density at radius 3 is 2.23 bits per heavy atom. The summed E-state index contributed by atoms with van der Waals surface area (Å²) in [4.78, 5) is 33.5. The SMILES string of the molecule is Cc1ccc(S(=O)(=O)n2cc(-c3ccc(C(=O)N(C)C)cc3)c3cc(-c4cc(C)c5c(c4)CCN(C(=O)OC(C)(C)C)C5)cnc32)cc1. The van der Waals surface area contributed by atoms with Crippen molar-refractivity contribution in [3.8, 4) is 22.3 Å². The molecule has 2 aromatic heterocycles. The molecule has 0 bridgehead atoms. The summed E-state index contributed by atoms with van der Waals surface area (Å²) in [6.07, 6.45) is 3.70. The van der Waals surface area contributed by atoms with Crippen LogP contribution in [0.2, 0.25) is 0 Å². The smallest absolute Gasteiger partial charge is 0.410 e. The van der Waals surface area contributed by atoms with Gasteiger partial charge in [0, 0.05) is 61.7 Å². The van der Waals surface area contributed by atoms with Gasteiger partial charge in [-0.05, 0) is 99.2 Å². The molecule has 0 spiro atoms. The highest BCUT2D eigenvalue weighted by molar-refractivity contribution is 7.90. The van der Waals surface area contributed by atoms with E-state index in [9.17, 15) is 18.0 Å². The fraction of sp³-hybridized carbons (Fsp3) is 0.289. The van der Waals surface area contributed by atoms with Gasteiger partial charge >= 0.3 is 6.09 Å². The van der Waals surface area contributed by atoms with Crippen LogP contribution in [0.1, 0.15) is 53.4 Å². The molecule has 3 aromatic carbocycles. The Morgan fingerprint density at radius 1 is 0.896 bits per heavy atom. The molecule has 0 fully saturated rings.